The lowest BCUT2D eigenvalue weighted by atomic mass is 10.1. The maximum Gasteiger partial charge on any atom is 0.302 e. The Labute approximate surface area is 125 Å². The summed E-state index contributed by atoms with van der Waals surface area (Å²) >= 11 is 3.31. The molecule has 1 amide bonds. The van der Waals surface area contributed by atoms with Crippen LogP contribution in [-0.4, -0.2) is 33.7 Å². The van der Waals surface area contributed by atoms with Gasteiger partial charge in [-0.1, -0.05) is 15.9 Å². The summed E-state index contributed by atoms with van der Waals surface area (Å²) in [4.78, 5) is 13.4. The molecule has 5 nitrogen and oxygen atoms in total. The summed E-state index contributed by atoms with van der Waals surface area (Å²) in [5.74, 6) is -0.910. The zero-order valence-electron chi connectivity index (χ0n) is 10.7. The van der Waals surface area contributed by atoms with Gasteiger partial charge in [0, 0.05) is 23.4 Å². The quantitative estimate of drug-likeness (QED) is 0.766. The normalized spacial score (nSPS) is 19.4. The molecule has 0 radical (unpaired) electrons. The Morgan fingerprint density at radius 1 is 1.50 bits per heavy atom. The van der Waals surface area contributed by atoms with Crippen LogP contribution >= 0.6 is 15.9 Å². The molecule has 110 valence electrons. The lowest BCUT2D eigenvalue weighted by Crippen LogP contribution is -2.25. The highest BCUT2D eigenvalue weighted by Gasteiger charge is 2.34. The number of halogens is 2. The minimum atomic E-state index is -4.58. The second kappa shape index (κ2) is 5.69. The molecule has 0 aliphatic carbocycles. The first-order valence-corrected chi connectivity index (χ1v) is 8.21. The first-order valence-electron chi connectivity index (χ1n) is 5.86. The number of anilines is 1. The number of methoxy groups -OCH3 is 1. The summed E-state index contributed by atoms with van der Waals surface area (Å²) in [6.45, 7) is 0.162. The van der Waals surface area contributed by atoms with Crippen molar-refractivity contribution in [3.05, 3.63) is 22.7 Å². The number of ether oxygens (including phenoxy) is 1. The van der Waals surface area contributed by atoms with E-state index in [4.69, 9.17) is 4.74 Å². The Kier molecular flexibility index (Phi) is 4.33. The van der Waals surface area contributed by atoms with Crippen LogP contribution in [0.15, 0.2) is 22.7 Å². The van der Waals surface area contributed by atoms with Crippen LogP contribution in [0.3, 0.4) is 0 Å². The number of hydrogen-bond donors (Lipinski definition) is 0. The lowest BCUT2D eigenvalue weighted by Gasteiger charge is -2.19. The van der Waals surface area contributed by atoms with Crippen molar-refractivity contribution in [2.45, 2.75) is 6.42 Å². The van der Waals surface area contributed by atoms with Gasteiger partial charge in [-0.2, -0.15) is 8.42 Å². The summed E-state index contributed by atoms with van der Waals surface area (Å²) in [5, 5.41) is 0. The van der Waals surface area contributed by atoms with Gasteiger partial charge >= 0.3 is 10.2 Å². The van der Waals surface area contributed by atoms with Crippen LogP contribution in [0.1, 0.15) is 6.42 Å². The third-order valence-electron chi connectivity index (χ3n) is 3.07. The Hall–Kier alpha value is -1.15. The second-order valence-electron chi connectivity index (χ2n) is 4.60. The number of hydrogen-bond acceptors (Lipinski definition) is 4. The first kappa shape index (κ1) is 15.2. The smallest absolute Gasteiger partial charge is 0.302 e. The van der Waals surface area contributed by atoms with E-state index in [1.807, 2.05) is 0 Å². The van der Waals surface area contributed by atoms with E-state index in [9.17, 15) is 17.1 Å². The fraction of sp³-hybridized carbons (Fsp3) is 0.417. The summed E-state index contributed by atoms with van der Waals surface area (Å²) in [6.07, 6.45) is 0.0127. The van der Waals surface area contributed by atoms with E-state index in [1.165, 1.54) is 12.0 Å². The van der Waals surface area contributed by atoms with E-state index in [-0.39, 0.29) is 18.9 Å². The van der Waals surface area contributed by atoms with Crippen LogP contribution in [0.2, 0.25) is 0 Å². The number of carbonyl (C=O) groups excluding carboxylic acids is 1. The highest BCUT2D eigenvalue weighted by atomic mass is 79.9. The van der Waals surface area contributed by atoms with Gasteiger partial charge < -0.3 is 9.64 Å². The molecule has 0 aromatic heterocycles. The van der Waals surface area contributed by atoms with Crippen molar-refractivity contribution in [1.82, 2.24) is 0 Å². The van der Waals surface area contributed by atoms with E-state index < -0.39 is 21.9 Å². The van der Waals surface area contributed by atoms with Crippen molar-refractivity contribution >= 4 is 37.7 Å². The van der Waals surface area contributed by atoms with Gasteiger partial charge in [-0.3, -0.25) is 4.79 Å². The molecule has 20 heavy (non-hydrogen) atoms. The molecule has 0 N–H and O–H groups in total. The molecule has 2 rings (SSSR count). The van der Waals surface area contributed by atoms with Crippen LogP contribution < -0.4 is 9.64 Å². The Morgan fingerprint density at radius 3 is 2.80 bits per heavy atom. The first-order chi connectivity index (χ1) is 9.30. The minimum absolute atomic E-state index is 0.0127. The molecule has 8 heteroatoms. The maximum atomic E-state index is 12.7. The Balaban J connectivity index is 2.26. The number of benzene rings is 1. The van der Waals surface area contributed by atoms with Crippen molar-refractivity contribution in [1.29, 1.82) is 0 Å². The van der Waals surface area contributed by atoms with Crippen LogP contribution in [0.4, 0.5) is 9.57 Å². The molecule has 0 bridgehead atoms. The largest absolute Gasteiger partial charge is 0.495 e. The molecule has 1 heterocycles. The van der Waals surface area contributed by atoms with Crippen LogP contribution in [0, 0.1) is 5.92 Å². The number of nitrogens with zero attached hydrogens (tertiary/aromatic N) is 1. The number of rotatable bonds is 4. The highest BCUT2D eigenvalue weighted by Crippen LogP contribution is 2.35. The monoisotopic (exact) mass is 365 g/mol. The lowest BCUT2D eigenvalue weighted by molar-refractivity contribution is -0.117. The number of carbonyl (C=O) groups is 1. The van der Waals surface area contributed by atoms with Gasteiger partial charge in [0.15, 0.2) is 0 Å². The fourth-order valence-corrected chi connectivity index (χ4v) is 3.42. The van der Waals surface area contributed by atoms with Crippen molar-refractivity contribution in [2.75, 3.05) is 24.3 Å². The van der Waals surface area contributed by atoms with E-state index in [0.29, 0.717) is 11.4 Å². The van der Waals surface area contributed by atoms with Crippen molar-refractivity contribution in [3.63, 3.8) is 0 Å². The topological polar surface area (TPSA) is 63.7 Å². The molecule has 1 atom stereocenters. The van der Waals surface area contributed by atoms with E-state index in [2.05, 4.69) is 15.9 Å². The summed E-state index contributed by atoms with van der Waals surface area (Å²) < 4.78 is 40.0. The van der Waals surface area contributed by atoms with Gasteiger partial charge in [0.25, 0.3) is 0 Å². The summed E-state index contributed by atoms with van der Waals surface area (Å²) in [6, 6.07) is 5.18. The van der Waals surface area contributed by atoms with Gasteiger partial charge in [0.1, 0.15) is 5.75 Å². The molecule has 1 aliphatic rings. The molecule has 0 spiro atoms. The van der Waals surface area contributed by atoms with Crippen LogP contribution in [0.5, 0.6) is 5.75 Å². The van der Waals surface area contributed by atoms with Gasteiger partial charge in [0.2, 0.25) is 5.91 Å². The SMILES string of the molecule is COc1ccc(Br)cc1N1CC(CS(=O)(=O)F)CC1=O. The average molecular weight is 366 g/mol. The van der Waals surface area contributed by atoms with Gasteiger partial charge in [-0.25, -0.2) is 0 Å². The van der Waals surface area contributed by atoms with Gasteiger partial charge in [-0.05, 0) is 18.2 Å². The third-order valence-corrected chi connectivity index (χ3v) is 4.43. The van der Waals surface area contributed by atoms with Crippen LogP contribution in [0.25, 0.3) is 0 Å². The predicted molar refractivity (Wildman–Crippen MR) is 76.0 cm³/mol. The number of amides is 1. The molecular weight excluding hydrogens is 353 g/mol. The molecule has 1 unspecified atom stereocenters. The fourth-order valence-electron chi connectivity index (χ4n) is 2.28. The minimum Gasteiger partial charge on any atom is -0.495 e. The Morgan fingerprint density at radius 2 is 2.20 bits per heavy atom. The standard InChI is InChI=1S/C12H13BrFNO4S/c1-19-11-3-2-9(13)5-10(11)15-6-8(4-12(15)16)7-20(14,17)18/h2-3,5,8H,4,6-7H2,1H3. The van der Waals surface area contributed by atoms with Gasteiger partial charge in [-0.15, -0.1) is 3.89 Å². The van der Waals surface area contributed by atoms with Gasteiger partial charge in [0.05, 0.1) is 18.6 Å². The van der Waals surface area contributed by atoms with Crippen molar-refractivity contribution in [3.8, 4) is 5.75 Å². The zero-order valence-corrected chi connectivity index (χ0v) is 13.1. The predicted octanol–water partition coefficient (Wildman–Crippen LogP) is 2.11. The second-order valence-corrected chi connectivity index (χ2v) is 6.92. The highest BCUT2D eigenvalue weighted by molar-refractivity contribution is 9.10. The molecule has 0 saturated carbocycles. The Bertz CT molecular complexity index is 634. The zero-order chi connectivity index (χ0) is 14.9. The molecule has 1 aromatic rings. The summed E-state index contributed by atoms with van der Waals surface area (Å²) in [7, 11) is -3.10. The molecule has 1 aromatic carbocycles. The third kappa shape index (κ3) is 3.49. The average Bonchev–Trinajstić information content (AvgIpc) is 2.67. The van der Waals surface area contributed by atoms with Crippen molar-refractivity contribution in [2.24, 2.45) is 5.92 Å². The maximum absolute atomic E-state index is 12.7. The molecule has 1 fully saturated rings. The molecule has 1 aliphatic heterocycles. The van der Waals surface area contributed by atoms with E-state index in [0.717, 1.165) is 4.47 Å². The summed E-state index contributed by atoms with van der Waals surface area (Å²) in [5.41, 5.74) is 0.547. The molecular formula is C12H13BrFNO4S. The van der Waals surface area contributed by atoms with E-state index in [1.54, 1.807) is 18.2 Å². The van der Waals surface area contributed by atoms with Crippen molar-refractivity contribution < 1.29 is 21.8 Å². The van der Waals surface area contributed by atoms with Crippen LogP contribution in [-0.2, 0) is 15.0 Å². The van der Waals surface area contributed by atoms with E-state index >= 15 is 0 Å². The molecule has 1 saturated heterocycles.